The van der Waals surface area contributed by atoms with Gasteiger partial charge in [0.25, 0.3) is 0 Å². The van der Waals surface area contributed by atoms with E-state index in [0.717, 1.165) is 55.0 Å². The molecule has 3 rings (SSSR count). The molecule has 2 aromatic rings. The van der Waals surface area contributed by atoms with Crippen LogP contribution in [0.4, 0.5) is 5.69 Å². The Hall–Kier alpha value is -2.29. The molecular formula is C20H26ClN5O2S. The number of hydrogen-bond donors (Lipinski definition) is 2. The maximum atomic E-state index is 11.6. The van der Waals surface area contributed by atoms with E-state index in [1.807, 2.05) is 31.2 Å². The topological polar surface area (TPSA) is 91.0 Å². The van der Waals surface area contributed by atoms with Gasteiger partial charge in [-0.25, -0.2) is 18.5 Å². The van der Waals surface area contributed by atoms with Crippen LogP contribution in [0.25, 0.3) is 0 Å². The van der Waals surface area contributed by atoms with Gasteiger partial charge in [-0.1, -0.05) is 29.8 Å². The molecule has 1 fully saturated rings. The lowest BCUT2D eigenvalue weighted by Gasteiger charge is -2.37. The molecule has 0 unspecified atom stereocenters. The van der Waals surface area contributed by atoms with Crippen LogP contribution < -0.4 is 15.4 Å². The van der Waals surface area contributed by atoms with E-state index in [1.54, 1.807) is 12.1 Å². The molecule has 0 radical (unpaired) electrons. The van der Waals surface area contributed by atoms with Crippen molar-refractivity contribution in [2.24, 2.45) is 10.1 Å². The Morgan fingerprint density at radius 2 is 1.86 bits per heavy atom. The minimum Gasteiger partial charge on any atom is -0.368 e. The SMILES string of the molecule is CCNC(=NCc1cccc(S(N)(=O)=O)c1)N1CCN(c2cccc(Cl)c2)CC1. The van der Waals surface area contributed by atoms with E-state index >= 15 is 0 Å². The Morgan fingerprint density at radius 1 is 1.14 bits per heavy atom. The normalized spacial score (nSPS) is 15.5. The number of aliphatic imine (C=N–C) groups is 1. The molecule has 7 nitrogen and oxygen atoms in total. The minimum atomic E-state index is -3.72. The summed E-state index contributed by atoms with van der Waals surface area (Å²) < 4.78 is 23.1. The van der Waals surface area contributed by atoms with Crippen molar-refractivity contribution in [3.8, 4) is 0 Å². The molecular weight excluding hydrogens is 410 g/mol. The molecule has 1 saturated heterocycles. The number of sulfonamides is 1. The summed E-state index contributed by atoms with van der Waals surface area (Å²) in [5.41, 5.74) is 1.92. The maximum absolute atomic E-state index is 11.6. The van der Waals surface area contributed by atoms with Gasteiger partial charge in [0.05, 0.1) is 11.4 Å². The lowest BCUT2D eigenvalue weighted by molar-refractivity contribution is 0.372. The number of nitrogens with one attached hydrogen (secondary N) is 1. The summed E-state index contributed by atoms with van der Waals surface area (Å²) in [7, 11) is -3.72. The monoisotopic (exact) mass is 435 g/mol. The third-order valence-electron chi connectivity index (χ3n) is 4.73. The van der Waals surface area contributed by atoms with Gasteiger partial charge in [0.2, 0.25) is 10.0 Å². The van der Waals surface area contributed by atoms with E-state index in [9.17, 15) is 8.42 Å². The van der Waals surface area contributed by atoms with Crippen LogP contribution in [0.15, 0.2) is 58.4 Å². The number of anilines is 1. The van der Waals surface area contributed by atoms with Crippen molar-refractivity contribution in [2.45, 2.75) is 18.4 Å². The minimum absolute atomic E-state index is 0.102. The number of nitrogens with two attached hydrogens (primary N) is 1. The molecule has 0 atom stereocenters. The Bertz CT molecular complexity index is 972. The summed E-state index contributed by atoms with van der Waals surface area (Å²) in [5.74, 6) is 0.819. The highest BCUT2D eigenvalue weighted by Crippen LogP contribution is 2.21. The fraction of sp³-hybridized carbons (Fsp3) is 0.350. The predicted molar refractivity (Wildman–Crippen MR) is 118 cm³/mol. The third kappa shape index (κ3) is 5.85. The number of halogens is 1. The van der Waals surface area contributed by atoms with Gasteiger partial charge in [-0.2, -0.15) is 0 Å². The lowest BCUT2D eigenvalue weighted by atomic mass is 10.2. The van der Waals surface area contributed by atoms with E-state index in [-0.39, 0.29) is 4.90 Å². The van der Waals surface area contributed by atoms with Crippen LogP contribution in [0.1, 0.15) is 12.5 Å². The molecule has 2 aromatic carbocycles. The number of benzene rings is 2. The molecule has 0 amide bonds. The smallest absolute Gasteiger partial charge is 0.238 e. The first-order chi connectivity index (χ1) is 13.9. The van der Waals surface area contributed by atoms with Crippen molar-refractivity contribution in [1.29, 1.82) is 0 Å². The van der Waals surface area contributed by atoms with Gasteiger partial charge in [-0.05, 0) is 42.8 Å². The quantitative estimate of drug-likeness (QED) is 0.555. The number of hydrogen-bond acceptors (Lipinski definition) is 4. The Balaban J connectivity index is 1.67. The number of rotatable bonds is 5. The van der Waals surface area contributed by atoms with Crippen molar-refractivity contribution in [2.75, 3.05) is 37.6 Å². The van der Waals surface area contributed by atoms with Crippen molar-refractivity contribution in [3.05, 3.63) is 59.1 Å². The van der Waals surface area contributed by atoms with E-state index in [0.29, 0.717) is 6.54 Å². The van der Waals surface area contributed by atoms with Crippen molar-refractivity contribution in [3.63, 3.8) is 0 Å². The van der Waals surface area contributed by atoms with Crippen molar-refractivity contribution >= 4 is 33.3 Å². The fourth-order valence-corrected chi connectivity index (χ4v) is 4.03. The van der Waals surface area contributed by atoms with Gasteiger partial charge in [0.15, 0.2) is 5.96 Å². The zero-order valence-corrected chi connectivity index (χ0v) is 18.0. The molecule has 1 aliphatic heterocycles. The molecule has 0 spiro atoms. The third-order valence-corrected chi connectivity index (χ3v) is 5.87. The average molecular weight is 436 g/mol. The number of piperazine rings is 1. The second-order valence-corrected chi connectivity index (χ2v) is 8.81. The highest BCUT2D eigenvalue weighted by atomic mass is 35.5. The van der Waals surface area contributed by atoms with Gasteiger partial charge >= 0.3 is 0 Å². The van der Waals surface area contributed by atoms with E-state index in [4.69, 9.17) is 21.7 Å². The van der Waals surface area contributed by atoms with Crippen LogP contribution in [-0.2, 0) is 16.6 Å². The Labute approximate surface area is 177 Å². The van der Waals surface area contributed by atoms with Crippen molar-refractivity contribution < 1.29 is 8.42 Å². The molecule has 9 heteroatoms. The standard InChI is InChI=1S/C20H26ClN5O2S/c1-2-23-20(24-15-16-5-3-8-19(13-16)29(22,27)28)26-11-9-25(10-12-26)18-7-4-6-17(21)14-18/h3-8,13-14H,2,9-12,15H2,1H3,(H,23,24)(H2,22,27,28). The second-order valence-electron chi connectivity index (χ2n) is 6.82. The van der Waals surface area contributed by atoms with Crippen LogP contribution >= 0.6 is 11.6 Å². The summed E-state index contributed by atoms with van der Waals surface area (Å²) >= 11 is 6.11. The Kier molecular flexibility index (Phi) is 7.00. The van der Waals surface area contributed by atoms with Gasteiger partial charge in [-0.15, -0.1) is 0 Å². The summed E-state index contributed by atoms with van der Waals surface area (Å²) in [6.45, 7) is 6.55. The fourth-order valence-electron chi connectivity index (χ4n) is 3.26. The second kappa shape index (κ2) is 9.47. The summed E-state index contributed by atoms with van der Waals surface area (Å²) in [6.07, 6.45) is 0. The van der Waals surface area contributed by atoms with Gasteiger partial charge < -0.3 is 15.1 Å². The first-order valence-electron chi connectivity index (χ1n) is 9.52. The molecule has 0 bridgehead atoms. The number of nitrogens with zero attached hydrogens (tertiary/aromatic N) is 3. The maximum Gasteiger partial charge on any atom is 0.238 e. The Morgan fingerprint density at radius 3 is 2.52 bits per heavy atom. The van der Waals surface area contributed by atoms with Gasteiger partial charge in [-0.3, -0.25) is 0 Å². The van der Waals surface area contributed by atoms with E-state index in [1.165, 1.54) is 6.07 Å². The lowest BCUT2D eigenvalue weighted by Crippen LogP contribution is -2.52. The predicted octanol–water partition coefficient (Wildman–Crippen LogP) is 2.28. The molecule has 1 aliphatic rings. The van der Waals surface area contributed by atoms with Crippen LogP contribution in [0.3, 0.4) is 0 Å². The highest BCUT2D eigenvalue weighted by Gasteiger charge is 2.20. The first-order valence-corrected chi connectivity index (χ1v) is 11.4. The van der Waals surface area contributed by atoms with Crippen LogP contribution in [0.5, 0.6) is 0 Å². The van der Waals surface area contributed by atoms with Crippen LogP contribution in [-0.4, -0.2) is 52.0 Å². The van der Waals surface area contributed by atoms with E-state index in [2.05, 4.69) is 21.2 Å². The molecule has 3 N–H and O–H groups in total. The summed E-state index contributed by atoms with van der Waals surface area (Å²) in [5, 5.41) is 9.28. The summed E-state index contributed by atoms with van der Waals surface area (Å²) in [6, 6.07) is 14.5. The molecule has 0 saturated carbocycles. The zero-order valence-electron chi connectivity index (χ0n) is 16.4. The summed E-state index contributed by atoms with van der Waals surface area (Å²) in [4.78, 5) is 9.32. The number of guanidine groups is 1. The molecule has 1 heterocycles. The zero-order chi connectivity index (χ0) is 20.9. The molecule has 156 valence electrons. The van der Waals surface area contributed by atoms with Crippen LogP contribution in [0, 0.1) is 0 Å². The van der Waals surface area contributed by atoms with Gasteiger partial charge in [0, 0.05) is 43.4 Å². The molecule has 0 aliphatic carbocycles. The van der Waals surface area contributed by atoms with E-state index < -0.39 is 10.0 Å². The average Bonchev–Trinajstić information content (AvgIpc) is 2.71. The number of primary sulfonamides is 1. The largest absolute Gasteiger partial charge is 0.368 e. The van der Waals surface area contributed by atoms with Crippen molar-refractivity contribution in [1.82, 2.24) is 10.2 Å². The first kappa shape index (κ1) is 21.4. The van der Waals surface area contributed by atoms with Gasteiger partial charge in [0.1, 0.15) is 0 Å². The molecule has 0 aromatic heterocycles. The highest BCUT2D eigenvalue weighted by molar-refractivity contribution is 7.89. The molecule has 29 heavy (non-hydrogen) atoms. The van der Waals surface area contributed by atoms with Crippen LogP contribution in [0.2, 0.25) is 5.02 Å².